The second kappa shape index (κ2) is 5.46. The van der Waals surface area contributed by atoms with Crippen molar-refractivity contribution in [3.8, 4) is 0 Å². The highest BCUT2D eigenvalue weighted by Gasteiger charge is 2.03. The van der Waals surface area contributed by atoms with Crippen LogP contribution in [0.25, 0.3) is 0 Å². The van der Waals surface area contributed by atoms with Gasteiger partial charge < -0.3 is 11.1 Å². The zero-order valence-electron chi connectivity index (χ0n) is 9.43. The molecule has 1 aromatic carbocycles. The van der Waals surface area contributed by atoms with E-state index in [1.807, 2.05) is 24.3 Å². The first-order valence-corrected chi connectivity index (χ1v) is 5.63. The van der Waals surface area contributed by atoms with Gasteiger partial charge in [0.15, 0.2) is 0 Å². The molecule has 0 unspecified atom stereocenters. The fourth-order valence-electron chi connectivity index (χ4n) is 1.36. The van der Waals surface area contributed by atoms with Gasteiger partial charge in [-0.05, 0) is 17.7 Å². The average molecular weight is 263 g/mol. The molecule has 0 aliphatic heterocycles. The summed E-state index contributed by atoms with van der Waals surface area (Å²) < 4.78 is 0. The van der Waals surface area contributed by atoms with Crippen LogP contribution in [-0.4, -0.2) is 15.9 Å². The number of nitrogens with one attached hydrogen (secondary N) is 1. The molecule has 2 rings (SSSR count). The first kappa shape index (κ1) is 12.3. The van der Waals surface area contributed by atoms with Gasteiger partial charge in [0, 0.05) is 11.6 Å². The number of carbonyl (C=O) groups excluding carboxylic acids is 1. The Labute approximate surface area is 109 Å². The molecule has 2 aromatic rings. The van der Waals surface area contributed by atoms with Gasteiger partial charge in [0.25, 0.3) is 5.91 Å². The molecule has 0 saturated carbocycles. The first-order chi connectivity index (χ1) is 8.65. The molecule has 0 fully saturated rings. The molecule has 18 heavy (non-hydrogen) atoms. The fraction of sp³-hybridized carbons (Fsp3) is 0.0833. The summed E-state index contributed by atoms with van der Waals surface area (Å²) in [5.74, 6) is -0.0982. The van der Waals surface area contributed by atoms with E-state index in [4.69, 9.17) is 17.3 Å². The third kappa shape index (κ3) is 3.18. The van der Waals surface area contributed by atoms with Gasteiger partial charge in [-0.25, -0.2) is 4.98 Å². The van der Waals surface area contributed by atoms with Crippen molar-refractivity contribution in [2.45, 2.75) is 6.54 Å². The number of anilines is 1. The molecular formula is C12H11ClN4O. The lowest BCUT2D eigenvalue weighted by molar-refractivity contribution is 0.0995. The third-order valence-corrected chi connectivity index (χ3v) is 2.53. The predicted octanol–water partition coefficient (Wildman–Crippen LogP) is 1.84. The third-order valence-electron chi connectivity index (χ3n) is 2.27. The van der Waals surface area contributed by atoms with E-state index in [1.54, 1.807) is 0 Å². The van der Waals surface area contributed by atoms with E-state index in [2.05, 4.69) is 15.3 Å². The number of amides is 1. The molecule has 0 radical (unpaired) electrons. The van der Waals surface area contributed by atoms with Crippen LogP contribution in [-0.2, 0) is 6.54 Å². The Balaban J connectivity index is 2.04. The molecule has 1 amide bonds. The molecule has 0 saturated heterocycles. The maximum absolute atomic E-state index is 10.9. The number of hydrogen-bond donors (Lipinski definition) is 2. The molecule has 92 valence electrons. The predicted molar refractivity (Wildman–Crippen MR) is 69.3 cm³/mol. The van der Waals surface area contributed by atoms with Crippen molar-refractivity contribution in [3.05, 3.63) is 52.9 Å². The second-order valence-electron chi connectivity index (χ2n) is 3.63. The number of carbonyl (C=O) groups is 1. The lowest BCUT2D eigenvalue weighted by Gasteiger charge is -2.06. The number of hydrogen-bond acceptors (Lipinski definition) is 4. The first-order valence-electron chi connectivity index (χ1n) is 5.25. The number of nitrogens with two attached hydrogens (primary N) is 1. The van der Waals surface area contributed by atoms with Crippen LogP contribution >= 0.6 is 11.6 Å². The molecule has 1 aromatic heterocycles. The summed E-state index contributed by atoms with van der Waals surface area (Å²) in [4.78, 5) is 18.9. The SMILES string of the molecule is NC(=O)c1cncc(NCc2ccc(Cl)cc2)n1. The number of benzene rings is 1. The zero-order valence-corrected chi connectivity index (χ0v) is 10.2. The van der Waals surface area contributed by atoms with Crippen LogP contribution in [0.15, 0.2) is 36.7 Å². The van der Waals surface area contributed by atoms with Gasteiger partial charge in [0.2, 0.25) is 0 Å². The van der Waals surface area contributed by atoms with Crippen molar-refractivity contribution >= 4 is 23.3 Å². The van der Waals surface area contributed by atoms with E-state index in [1.165, 1.54) is 12.4 Å². The maximum atomic E-state index is 10.9. The number of rotatable bonds is 4. The van der Waals surface area contributed by atoms with Gasteiger partial charge in [-0.2, -0.15) is 0 Å². The summed E-state index contributed by atoms with van der Waals surface area (Å²) in [5.41, 5.74) is 6.30. The van der Waals surface area contributed by atoms with E-state index in [0.717, 1.165) is 5.56 Å². The van der Waals surface area contributed by atoms with Crippen molar-refractivity contribution in [1.82, 2.24) is 9.97 Å². The summed E-state index contributed by atoms with van der Waals surface area (Å²) in [7, 11) is 0. The quantitative estimate of drug-likeness (QED) is 0.881. The van der Waals surface area contributed by atoms with Gasteiger partial charge in [0.1, 0.15) is 11.5 Å². The normalized spacial score (nSPS) is 10.1. The fourth-order valence-corrected chi connectivity index (χ4v) is 1.49. The largest absolute Gasteiger partial charge is 0.365 e. The smallest absolute Gasteiger partial charge is 0.268 e. The number of aromatic nitrogens is 2. The minimum atomic E-state index is -0.599. The minimum Gasteiger partial charge on any atom is -0.365 e. The molecule has 5 nitrogen and oxygen atoms in total. The van der Waals surface area contributed by atoms with Crippen LogP contribution in [0.5, 0.6) is 0 Å². The van der Waals surface area contributed by atoms with Crippen molar-refractivity contribution in [3.63, 3.8) is 0 Å². The van der Waals surface area contributed by atoms with Crippen LogP contribution in [0.2, 0.25) is 5.02 Å². The Morgan fingerprint density at radius 3 is 2.67 bits per heavy atom. The van der Waals surface area contributed by atoms with Crippen molar-refractivity contribution in [1.29, 1.82) is 0 Å². The number of halogens is 1. The topological polar surface area (TPSA) is 80.9 Å². The van der Waals surface area contributed by atoms with E-state index in [-0.39, 0.29) is 5.69 Å². The highest BCUT2D eigenvalue weighted by atomic mass is 35.5. The lowest BCUT2D eigenvalue weighted by Crippen LogP contribution is -2.14. The van der Waals surface area contributed by atoms with Gasteiger partial charge in [0.05, 0.1) is 12.4 Å². The average Bonchev–Trinajstić information content (AvgIpc) is 2.38. The van der Waals surface area contributed by atoms with E-state index in [9.17, 15) is 4.79 Å². The van der Waals surface area contributed by atoms with Crippen LogP contribution < -0.4 is 11.1 Å². The van der Waals surface area contributed by atoms with Gasteiger partial charge in [-0.15, -0.1) is 0 Å². The van der Waals surface area contributed by atoms with Crippen LogP contribution in [0.1, 0.15) is 16.1 Å². The van der Waals surface area contributed by atoms with Gasteiger partial charge in [-0.3, -0.25) is 9.78 Å². The van der Waals surface area contributed by atoms with E-state index >= 15 is 0 Å². The van der Waals surface area contributed by atoms with Crippen molar-refractivity contribution in [2.24, 2.45) is 5.73 Å². The van der Waals surface area contributed by atoms with E-state index in [0.29, 0.717) is 17.4 Å². The summed E-state index contributed by atoms with van der Waals surface area (Å²) in [5, 5.41) is 3.74. The van der Waals surface area contributed by atoms with Crippen molar-refractivity contribution in [2.75, 3.05) is 5.32 Å². The van der Waals surface area contributed by atoms with Crippen LogP contribution in [0, 0.1) is 0 Å². The number of primary amides is 1. The molecule has 0 bridgehead atoms. The van der Waals surface area contributed by atoms with Gasteiger partial charge >= 0.3 is 0 Å². The standard InChI is InChI=1S/C12H11ClN4O/c13-9-3-1-8(2-4-9)5-16-11-7-15-6-10(17-11)12(14)18/h1-4,6-7H,5H2,(H2,14,18)(H,16,17). The Bertz CT molecular complexity index is 556. The van der Waals surface area contributed by atoms with Crippen LogP contribution in [0.4, 0.5) is 5.82 Å². The molecule has 1 heterocycles. The van der Waals surface area contributed by atoms with E-state index < -0.39 is 5.91 Å². The van der Waals surface area contributed by atoms with Crippen molar-refractivity contribution < 1.29 is 4.79 Å². The van der Waals surface area contributed by atoms with Crippen LogP contribution in [0.3, 0.4) is 0 Å². The summed E-state index contributed by atoms with van der Waals surface area (Å²) in [6.07, 6.45) is 2.86. The summed E-state index contributed by atoms with van der Waals surface area (Å²) in [6.45, 7) is 0.564. The monoisotopic (exact) mass is 262 g/mol. The molecule has 6 heteroatoms. The molecular weight excluding hydrogens is 252 g/mol. The molecule has 0 aliphatic rings. The Morgan fingerprint density at radius 2 is 2.00 bits per heavy atom. The zero-order chi connectivity index (χ0) is 13.0. The summed E-state index contributed by atoms with van der Waals surface area (Å²) in [6, 6.07) is 7.43. The molecule has 0 atom stereocenters. The minimum absolute atomic E-state index is 0.135. The Hall–Kier alpha value is -2.14. The Morgan fingerprint density at radius 1 is 1.28 bits per heavy atom. The molecule has 0 aliphatic carbocycles. The lowest BCUT2D eigenvalue weighted by atomic mass is 10.2. The Kier molecular flexibility index (Phi) is 3.74. The van der Waals surface area contributed by atoms with Gasteiger partial charge in [-0.1, -0.05) is 23.7 Å². The molecule has 0 spiro atoms. The summed E-state index contributed by atoms with van der Waals surface area (Å²) >= 11 is 5.79. The second-order valence-corrected chi connectivity index (χ2v) is 4.07. The number of nitrogens with zero attached hydrogens (tertiary/aromatic N) is 2. The molecule has 3 N–H and O–H groups in total. The highest BCUT2D eigenvalue weighted by molar-refractivity contribution is 6.30. The highest BCUT2D eigenvalue weighted by Crippen LogP contribution is 2.11. The maximum Gasteiger partial charge on any atom is 0.268 e.